The number of carbonyl (C=O) groups is 1. The predicted molar refractivity (Wildman–Crippen MR) is 100 cm³/mol. The second-order valence-electron chi connectivity index (χ2n) is 7.15. The Labute approximate surface area is 152 Å². The predicted octanol–water partition coefficient (Wildman–Crippen LogP) is 1.65. The maximum absolute atomic E-state index is 13.0. The number of hydrogen-bond donors (Lipinski definition) is 0. The normalized spacial score (nSPS) is 20.7. The maximum atomic E-state index is 13.0. The van der Waals surface area contributed by atoms with Gasteiger partial charge in [-0.15, -0.1) is 0 Å². The van der Waals surface area contributed by atoms with Gasteiger partial charge in [-0.3, -0.25) is 14.2 Å². The summed E-state index contributed by atoms with van der Waals surface area (Å²) in [7, 11) is 0. The van der Waals surface area contributed by atoms with Crippen molar-refractivity contribution >= 4 is 22.9 Å². The minimum absolute atomic E-state index is 0.0391. The van der Waals surface area contributed by atoms with Crippen LogP contribution in [-0.2, 0) is 11.3 Å². The lowest BCUT2D eigenvalue weighted by Gasteiger charge is -2.34. The molecule has 138 valence electrons. The molecule has 7 nitrogen and oxygen atoms in total. The van der Waals surface area contributed by atoms with Crippen molar-refractivity contribution in [2.24, 2.45) is 5.92 Å². The molecule has 2 fully saturated rings. The van der Waals surface area contributed by atoms with Crippen LogP contribution in [0.15, 0.2) is 23.1 Å². The van der Waals surface area contributed by atoms with Gasteiger partial charge in [-0.05, 0) is 44.7 Å². The van der Waals surface area contributed by atoms with Crippen molar-refractivity contribution in [1.82, 2.24) is 19.4 Å². The van der Waals surface area contributed by atoms with E-state index in [1.165, 1.54) is 0 Å². The number of nitrogens with zero attached hydrogens (tertiary/aromatic N) is 5. The minimum Gasteiger partial charge on any atom is -0.351 e. The van der Waals surface area contributed by atoms with E-state index in [4.69, 9.17) is 0 Å². The van der Waals surface area contributed by atoms with Crippen LogP contribution >= 0.6 is 0 Å². The third-order valence-corrected chi connectivity index (χ3v) is 5.49. The molecule has 4 heterocycles. The van der Waals surface area contributed by atoms with E-state index in [1.54, 1.807) is 10.8 Å². The van der Waals surface area contributed by atoms with Gasteiger partial charge in [0, 0.05) is 38.9 Å². The largest absolute Gasteiger partial charge is 0.351 e. The van der Waals surface area contributed by atoms with E-state index < -0.39 is 0 Å². The van der Waals surface area contributed by atoms with Crippen molar-refractivity contribution in [2.45, 2.75) is 39.2 Å². The standard InChI is InChI=1S/C19H25N5O2/c1-2-24-16-15(8-5-9-20-16)21-17(19(24)26)23-12-6-7-14(13-23)18(25)22-10-3-4-11-22/h5,8-9,14H,2-4,6-7,10-13H2,1H3. The summed E-state index contributed by atoms with van der Waals surface area (Å²) < 4.78 is 1.67. The van der Waals surface area contributed by atoms with Crippen LogP contribution in [0, 0.1) is 5.92 Å². The molecule has 2 saturated heterocycles. The number of aryl methyl sites for hydroxylation is 1. The van der Waals surface area contributed by atoms with Gasteiger partial charge in [0.15, 0.2) is 11.5 Å². The van der Waals surface area contributed by atoms with Gasteiger partial charge in [0.05, 0.1) is 5.92 Å². The van der Waals surface area contributed by atoms with Gasteiger partial charge in [0.25, 0.3) is 5.56 Å². The third kappa shape index (κ3) is 2.95. The SMILES string of the molecule is CCn1c(=O)c(N2CCCC(C(=O)N3CCCC3)C2)nc2cccnc21. The molecule has 26 heavy (non-hydrogen) atoms. The van der Waals surface area contributed by atoms with Crippen molar-refractivity contribution < 1.29 is 4.79 Å². The smallest absolute Gasteiger partial charge is 0.295 e. The Kier molecular flexibility index (Phi) is 4.61. The molecule has 0 aliphatic carbocycles. The first kappa shape index (κ1) is 17.0. The summed E-state index contributed by atoms with van der Waals surface area (Å²) in [4.78, 5) is 38.7. The maximum Gasteiger partial charge on any atom is 0.295 e. The summed E-state index contributed by atoms with van der Waals surface area (Å²) in [5.74, 6) is 0.652. The lowest BCUT2D eigenvalue weighted by atomic mass is 9.96. The number of hydrogen-bond acceptors (Lipinski definition) is 5. The summed E-state index contributed by atoms with van der Waals surface area (Å²) in [6.07, 6.45) is 5.68. The van der Waals surface area contributed by atoms with Crippen LogP contribution in [0.4, 0.5) is 5.82 Å². The fourth-order valence-electron chi connectivity index (χ4n) is 4.13. The first-order chi connectivity index (χ1) is 12.7. The van der Waals surface area contributed by atoms with Crippen LogP contribution in [0.3, 0.4) is 0 Å². The number of aromatic nitrogens is 3. The van der Waals surface area contributed by atoms with E-state index in [-0.39, 0.29) is 17.4 Å². The van der Waals surface area contributed by atoms with Crippen molar-refractivity contribution in [3.63, 3.8) is 0 Å². The first-order valence-corrected chi connectivity index (χ1v) is 9.58. The minimum atomic E-state index is -0.118. The second-order valence-corrected chi connectivity index (χ2v) is 7.15. The number of anilines is 1. The Morgan fingerprint density at radius 3 is 2.81 bits per heavy atom. The number of piperidine rings is 1. The Bertz CT molecular complexity index is 872. The van der Waals surface area contributed by atoms with E-state index >= 15 is 0 Å². The third-order valence-electron chi connectivity index (χ3n) is 5.49. The van der Waals surface area contributed by atoms with Crippen LogP contribution in [-0.4, -0.2) is 51.5 Å². The van der Waals surface area contributed by atoms with Gasteiger partial charge >= 0.3 is 0 Å². The molecule has 0 saturated carbocycles. The van der Waals surface area contributed by atoms with Crippen LogP contribution in [0.1, 0.15) is 32.6 Å². The second kappa shape index (κ2) is 7.05. The number of amides is 1. The lowest BCUT2D eigenvalue weighted by molar-refractivity contribution is -0.134. The zero-order chi connectivity index (χ0) is 18.1. The molecule has 2 aliphatic rings. The van der Waals surface area contributed by atoms with E-state index in [9.17, 15) is 9.59 Å². The van der Waals surface area contributed by atoms with E-state index in [1.807, 2.05) is 28.9 Å². The molecule has 0 bridgehead atoms. The van der Waals surface area contributed by atoms with Crippen molar-refractivity contribution in [3.05, 3.63) is 28.7 Å². The van der Waals surface area contributed by atoms with Gasteiger partial charge in [-0.2, -0.15) is 0 Å². The van der Waals surface area contributed by atoms with Crippen molar-refractivity contribution in [1.29, 1.82) is 0 Å². The molecular formula is C19H25N5O2. The molecule has 4 rings (SSSR count). The molecule has 1 amide bonds. The van der Waals surface area contributed by atoms with Crippen LogP contribution < -0.4 is 10.5 Å². The summed E-state index contributed by atoms with van der Waals surface area (Å²) in [5.41, 5.74) is 1.22. The van der Waals surface area contributed by atoms with Crippen LogP contribution in [0.2, 0.25) is 0 Å². The van der Waals surface area contributed by atoms with E-state index in [0.717, 1.165) is 50.8 Å². The zero-order valence-corrected chi connectivity index (χ0v) is 15.2. The Morgan fingerprint density at radius 2 is 2.04 bits per heavy atom. The van der Waals surface area contributed by atoms with E-state index in [0.29, 0.717) is 24.6 Å². The Balaban J connectivity index is 1.65. The molecule has 2 aromatic heterocycles. The van der Waals surface area contributed by atoms with E-state index in [2.05, 4.69) is 9.97 Å². The van der Waals surface area contributed by atoms with Gasteiger partial charge in [-0.25, -0.2) is 9.97 Å². The summed E-state index contributed by atoms with van der Waals surface area (Å²) >= 11 is 0. The highest BCUT2D eigenvalue weighted by molar-refractivity contribution is 5.80. The highest BCUT2D eigenvalue weighted by Crippen LogP contribution is 2.24. The number of pyridine rings is 1. The number of carbonyl (C=O) groups excluding carboxylic acids is 1. The molecule has 0 spiro atoms. The molecular weight excluding hydrogens is 330 g/mol. The average Bonchev–Trinajstić information content (AvgIpc) is 3.22. The zero-order valence-electron chi connectivity index (χ0n) is 15.2. The molecule has 2 aliphatic heterocycles. The summed E-state index contributed by atoms with van der Waals surface area (Å²) in [6, 6.07) is 3.72. The molecule has 1 unspecified atom stereocenters. The topological polar surface area (TPSA) is 71.3 Å². The molecule has 7 heteroatoms. The monoisotopic (exact) mass is 355 g/mol. The Morgan fingerprint density at radius 1 is 1.23 bits per heavy atom. The van der Waals surface area contributed by atoms with Gasteiger partial charge in [-0.1, -0.05) is 0 Å². The van der Waals surface area contributed by atoms with Gasteiger partial charge in [0.1, 0.15) is 5.52 Å². The van der Waals surface area contributed by atoms with Crippen molar-refractivity contribution in [2.75, 3.05) is 31.1 Å². The number of rotatable bonds is 3. The lowest BCUT2D eigenvalue weighted by Crippen LogP contribution is -2.46. The molecule has 0 radical (unpaired) electrons. The first-order valence-electron chi connectivity index (χ1n) is 9.58. The summed E-state index contributed by atoms with van der Waals surface area (Å²) in [5, 5.41) is 0. The molecule has 0 N–H and O–H groups in total. The van der Waals surface area contributed by atoms with Gasteiger partial charge in [0.2, 0.25) is 5.91 Å². The highest BCUT2D eigenvalue weighted by atomic mass is 16.2. The molecule has 2 aromatic rings. The van der Waals surface area contributed by atoms with Crippen molar-refractivity contribution in [3.8, 4) is 0 Å². The van der Waals surface area contributed by atoms with Crippen LogP contribution in [0.25, 0.3) is 11.2 Å². The summed E-state index contributed by atoms with van der Waals surface area (Å²) in [6.45, 7) is 5.57. The van der Waals surface area contributed by atoms with Gasteiger partial charge < -0.3 is 9.80 Å². The highest BCUT2D eigenvalue weighted by Gasteiger charge is 2.32. The number of likely N-dealkylation sites (tertiary alicyclic amines) is 1. The number of fused-ring (bicyclic) bond motifs is 1. The average molecular weight is 355 g/mol. The fourth-order valence-corrected chi connectivity index (χ4v) is 4.13. The molecule has 1 atom stereocenters. The molecule has 0 aromatic carbocycles. The van der Waals surface area contributed by atoms with Crippen LogP contribution in [0.5, 0.6) is 0 Å². The quantitative estimate of drug-likeness (QED) is 0.837. The fraction of sp³-hybridized carbons (Fsp3) is 0.579. The Hall–Kier alpha value is -2.44.